The highest BCUT2D eigenvalue weighted by Crippen LogP contribution is 2.30. The number of para-hydroxylation sites is 1. The average molecular weight is 437 g/mol. The quantitative estimate of drug-likeness (QED) is 0.381. The molecule has 4 nitrogen and oxygen atoms in total. The zero-order chi connectivity index (χ0) is 20.9. The molecule has 3 aromatic carbocycles. The Kier molecular flexibility index (Phi) is 6.17. The smallest absolute Gasteiger partial charge is 0.283 e. The van der Waals surface area contributed by atoms with Gasteiger partial charge in [0.15, 0.2) is 5.75 Å². The molecule has 0 bridgehead atoms. The largest absolute Gasteiger partial charge is 0.491 e. The zero-order valence-corrected chi connectivity index (χ0v) is 17.5. The van der Waals surface area contributed by atoms with Gasteiger partial charge >= 0.3 is 0 Å². The van der Waals surface area contributed by atoms with Crippen molar-refractivity contribution in [3.05, 3.63) is 111 Å². The Balaban J connectivity index is 1.75. The van der Waals surface area contributed by atoms with Gasteiger partial charge in [0.1, 0.15) is 5.69 Å². The summed E-state index contributed by atoms with van der Waals surface area (Å²) in [7, 11) is 0. The SMILES string of the molecule is O=c1c(-c2ccccc2)c(OCCc2ccccc2)cnn1-c1c(Cl)cccc1Cl. The molecule has 30 heavy (non-hydrogen) atoms. The normalized spacial score (nSPS) is 10.7. The fourth-order valence-corrected chi connectivity index (χ4v) is 3.75. The lowest BCUT2D eigenvalue weighted by Gasteiger charge is -2.15. The van der Waals surface area contributed by atoms with Gasteiger partial charge in [-0.25, -0.2) is 0 Å². The monoisotopic (exact) mass is 436 g/mol. The summed E-state index contributed by atoms with van der Waals surface area (Å²) in [6.45, 7) is 0.418. The van der Waals surface area contributed by atoms with Crippen LogP contribution in [-0.4, -0.2) is 16.4 Å². The molecule has 0 N–H and O–H groups in total. The van der Waals surface area contributed by atoms with Gasteiger partial charge in [-0.15, -0.1) is 0 Å². The van der Waals surface area contributed by atoms with Crippen LogP contribution in [0.3, 0.4) is 0 Å². The van der Waals surface area contributed by atoms with Crippen LogP contribution >= 0.6 is 23.2 Å². The number of hydrogen-bond donors (Lipinski definition) is 0. The van der Waals surface area contributed by atoms with Crippen LogP contribution in [-0.2, 0) is 6.42 Å². The van der Waals surface area contributed by atoms with Gasteiger partial charge in [-0.05, 0) is 23.3 Å². The van der Waals surface area contributed by atoms with Gasteiger partial charge in [0, 0.05) is 6.42 Å². The zero-order valence-electron chi connectivity index (χ0n) is 16.0. The Morgan fingerprint density at radius 1 is 0.833 bits per heavy atom. The molecule has 1 heterocycles. The van der Waals surface area contributed by atoms with E-state index in [1.807, 2.05) is 60.7 Å². The Bertz CT molecular complexity index is 1190. The van der Waals surface area contributed by atoms with Gasteiger partial charge in [0.2, 0.25) is 0 Å². The first-order chi connectivity index (χ1) is 14.6. The number of hydrogen-bond acceptors (Lipinski definition) is 3. The van der Waals surface area contributed by atoms with Crippen molar-refractivity contribution >= 4 is 23.2 Å². The molecular formula is C24H18Cl2N2O2. The van der Waals surface area contributed by atoms with Crippen LogP contribution in [0.2, 0.25) is 10.0 Å². The molecule has 0 saturated heterocycles. The molecule has 0 amide bonds. The van der Waals surface area contributed by atoms with Gasteiger partial charge in [0.05, 0.1) is 28.4 Å². The highest BCUT2D eigenvalue weighted by Gasteiger charge is 2.18. The molecule has 0 aliphatic carbocycles. The lowest BCUT2D eigenvalue weighted by atomic mass is 10.1. The number of ether oxygens (including phenoxy) is 1. The number of aromatic nitrogens is 2. The van der Waals surface area contributed by atoms with Crippen molar-refractivity contribution < 1.29 is 4.74 Å². The summed E-state index contributed by atoms with van der Waals surface area (Å²) < 4.78 is 7.21. The maximum Gasteiger partial charge on any atom is 0.283 e. The molecule has 0 fully saturated rings. The number of halogens is 2. The van der Waals surface area contributed by atoms with Crippen molar-refractivity contribution in [3.63, 3.8) is 0 Å². The van der Waals surface area contributed by atoms with E-state index in [9.17, 15) is 4.79 Å². The first-order valence-electron chi connectivity index (χ1n) is 9.44. The lowest BCUT2D eigenvalue weighted by Crippen LogP contribution is -2.24. The highest BCUT2D eigenvalue weighted by molar-refractivity contribution is 6.37. The van der Waals surface area contributed by atoms with E-state index in [4.69, 9.17) is 27.9 Å². The summed E-state index contributed by atoms with van der Waals surface area (Å²) in [4.78, 5) is 13.4. The van der Waals surface area contributed by atoms with E-state index >= 15 is 0 Å². The third-order valence-corrected chi connectivity index (χ3v) is 5.26. The Morgan fingerprint density at radius 3 is 2.13 bits per heavy atom. The summed E-state index contributed by atoms with van der Waals surface area (Å²) in [5.41, 5.74) is 2.29. The van der Waals surface area contributed by atoms with Gasteiger partial charge in [-0.1, -0.05) is 89.9 Å². The van der Waals surface area contributed by atoms with Crippen molar-refractivity contribution in [1.82, 2.24) is 9.78 Å². The molecule has 0 aliphatic rings. The van der Waals surface area contributed by atoms with E-state index in [-0.39, 0.29) is 5.56 Å². The third kappa shape index (κ3) is 4.25. The Morgan fingerprint density at radius 2 is 1.47 bits per heavy atom. The van der Waals surface area contributed by atoms with E-state index in [1.54, 1.807) is 18.2 Å². The van der Waals surface area contributed by atoms with E-state index in [1.165, 1.54) is 10.9 Å². The second kappa shape index (κ2) is 9.16. The van der Waals surface area contributed by atoms with E-state index < -0.39 is 0 Å². The summed E-state index contributed by atoms with van der Waals surface area (Å²) in [5, 5.41) is 4.98. The van der Waals surface area contributed by atoms with Gasteiger partial charge in [-0.3, -0.25) is 4.79 Å². The Hall–Kier alpha value is -3.08. The number of rotatable bonds is 6. The first-order valence-corrected chi connectivity index (χ1v) is 10.2. The molecule has 150 valence electrons. The first kappa shape index (κ1) is 20.2. The van der Waals surface area contributed by atoms with E-state index in [0.717, 1.165) is 11.1 Å². The number of nitrogens with zero attached hydrogens (tertiary/aromatic N) is 2. The molecule has 0 spiro atoms. The molecule has 1 aromatic heterocycles. The Labute approximate surface area is 184 Å². The minimum Gasteiger partial charge on any atom is -0.491 e. The fraction of sp³-hybridized carbons (Fsp3) is 0.0833. The van der Waals surface area contributed by atoms with Crippen LogP contribution < -0.4 is 10.3 Å². The van der Waals surface area contributed by atoms with Crippen LogP contribution in [0.4, 0.5) is 0 Å². The van der Waals surface area contributed by atoms with Crippen molar-refractivity contribution in [3.8, 4) is 22.6 Å². The van der Waals surface area contributed by atoms with Gasteiger partial charge < -0.3 is 4.74 Å². The van der Waals surface area contributed by atoms with Gasteiger partial charge in [0.25, 0.3) is 5.56 Å². The minimum absolute atomic E-state index is 0.342. The summed E-state index contributed by atoms with van der Waals surface area (Å²) in [6.07, 6.45) is 2.25. The predicted molar refractivity (Wildman–Crippen MR) is 121 cm³/mol. The highest BCUT2D eigenvalue weighted by atomic mass is 35.5. The van der Waals surface area contributed by atoms with Crippen LogP contribution in [0.25, 0.3) is 16.8 Å². The predicted octanol–water partition coefficient (Wildman–Crippen LogP) is 5.83. The van der Waals surface area contributed by atoms with E-state index in [0.29, 0.717) is 40.1 Å². The van der Waals surface area contributed by atoms with Crippen molar-refractivity contribution in [2.24, 2.45) is 0 Å². The van der Waals surface area contributed by atoms with Crippen LogP contribution in [0, 0.1) is 0 Å². The lowest BCUT2D eigenvalue weighted by molar-refractivity contribution is 0.320. The molecule has 4 rings (SSSR count). The third-order valence-electron chi connectivity index (χ3n) is 4.65. The summed E-state index contributed by atoms with van der Waals surface area (Å²) in [5.74, 6) is 0.418. The van der Waals surface area contributed by atoms with E-state index in [2.05, 4.69) is 5.10 Å². The van der Waals surface area contributed by atoms with Gasteiger partial charge in [-0.2, -0.15) is 9.78 Å². The maximum atomic E-state index is 13.4. The van der Waals surface area contributed by atoms with Crippen LogP contribution in [0.1, 0.15) is 5.56 Å². The molecule has 4 aromatic rings. The van der Waals surface area contributed by atoms with Crippen LogP contribution in [0.15, 0.2) is 89.9 Å². The molecular weight excluding hydrogens is 419 g/mol. The second-order valence-corrected chi connectivity index (χ2v) is 7.44. The molecule has 0 aliphatic heterocycles. The number of benzene rings is 3. The average Bonchev–Trinajstić information content (AvgIpc) is 2.76. The molecule has 0 unspecified atom stereocenters. The van der Waals surface area contributed by atoms with Crippen molar-refractivity contribution in [2.75, 3.05) is 6.61 Å². The van der Waals surface area contributed by atoms with Crippen LogP contribution in [0.5, 0.6) is 5.75 Å². The van der Waals surface area contributed by atoms with Crippen molar-refractivity contribution in [1.29, 1.82) is 0 Å². The van der Waals surface area contributed by atoms with Crippen molar-refractivity contribution in [2.45, 2.75) is 6.42 Å². The molecule has 0 saturated carbocycles. The summed E-state index contributed by atoms with van der Waals surface area (Å²) in [6, 6.07) is 24.4. The molecule has 0 atom stereocenters. The maximum absolute atomic E-state index is 13.4. The second-order valence-electron chi connectivity index (χ2n) is 6.62. The molecule has 6 heteroatoms. The molecule has 0 radical (unpaired) electrons. The topological polar surface area (TPSA) is 44.1 Å². The standard InChI is InChI=1S/C24H18Cl2N2O2/c25-19-12-7-13-20(26)23(19)28-24(29)22(18-10-5-2-6-11-18)21(16-27-28)30-15-14-17-8-3-1-4-9-17/h1-13,16H,14-15H2. The minimum atomic E-state index is -0.353. The fourth-order valence-electron chi connectivity index (χ4n) is 3.19. The summed E-state index contributed by atoms with van der Waals surface area (Å²) >= 11 is 12.6.